The molecular weight excluding hydrogens is 903 g/mol. The van der Waals surface area contributed by atoms with Crippen LogP contribution in [-0.4, -0.2) is 9.52 Å². The minimum atomic E-state index is -3.27. The quantitative estimate of drug-likeness (QED) is 0.113. The van der Waals surface area contributed by atoms with Crippen LogP contribution in [-0.2, 0) is 34.3 Å². The predicted molar refractivity (Wildman–Crippen MR) is 261 cm³/mol. The fourth-order valence-corrected chi connectivity index (χ4v) is 32.0. The van der Waals surface area contributed by atoms with Gasteiger partial charge in [-0.05, 0) is 0 Å². The molecule has 0 nitrogen and oxygen atoms in total. The van der Waals surface area contributed by atoms with Crippen LogP contribution in [0.15, 0.2) is 139 Å². The molecule has 0 radical (unpaired) electrons. The second-order valence-corrected chi connectivity index (χ2v) is 31.0. The number of unbranched alkanes of at least 4 members (excludes halogenated alkanes) is 2. The summed E-state index contributed by atoms with van der Waals surface area (Å²) in [6.45, 7) is 19.7. The van der Waals surface area contributed by atoms with E-state index in [1.54, 1.807) is 36.0 Å². The summed E-state index contributed by atoms with van der Waals surface area (Å²) in [6.07, 6.45) is 12.5. The fourth-order valence-electron chi connectivity index (χ4n) is 10.9. The first-order valence-electron chi connectivity index (χ1n) is 22.9. The number of benzene rings is 6. The van der Waals surface area contributed by atoms with Crippen LogP contribution in [0.25, 0.3) is 45.5 Å². The van der Waals surface area contributed by atoms with Gasteiger partial charge in [0.25, 0.3) is 0 Å². The Bertz CT molecular complexity index is 2510. The number of hydrogen-bond donors (Lipinski definition) is 0. The third-order valence-electron chi connectivity index (χ3n) is 13.9. The first-order valence-corrected chi connectivity index (χ1v) is 30.3. The third-order valence-corrected chi connectivity index (χ3v) is 30.1. The van der Waals surface area contributed by atoms with Crippen LogP contribution in [0.1, 0.15) is 122 Å². The Morgan fingerprint density at radius 3 is 1.40 bits per heavy atom. The zero-order chi connectivity index (χ0) is 41.8. The first-order chi connectivity index (χ1) is 29.0. The molecule has 0 N–H and O–H groups in total. The molecule has 0 amide bonds. The van der Waals surface area contributed by atoms with Gasteiger partial charge in [-0.25, -0.2) is 0 Å². The van der Waals surface area contributed by atoms with Crippen LogP contribution in [0, 0.1) is 10.8 Å². The van der Waals surface area contributed by atoms with E-state index in [0.717, 1.165) is 12.8 Å². The van der Waals surface area contributed by atoms with E-state index in [0.29, 0.717) is 7.35 Å². The topological polar surface area (TPSA) is 0 Å². The van der Waals surface area contributed by atoms with Crippen LogP contribution in [0.2, 0.25) is 0 Å². The molecule has 0 aromatic heterocycles. The van der Waals surface area contributed by atoms with Crippen molar-refractivity contribution in [2.24, 2.45) is 10.8 Å². The van der Waals surface area contributed by atoms with Gasteiger partial charge in [-0.2, -0.15) is 0 Å². The molecule has 1 aliphatic heterocycles. The molecule has 0 spiro atoms. The van der Waals surface area contributed by atoms with Crippen LogP contribution >= 0.6 is 0 Å². The van der Waals surface area contributed by atoms with E-state index < -0.39 is 31.0 Å². The van der Waals surface area contributed by atoms with Crippen molar-refractivity contribution in [3.05, 3.63) is 172 Å². The summed E-state index contributed by atoms with van der Waals surface area (Å²) in [5, 5.41) is 3.38. The van der Waals surface area contributed by atoms with Crippen molar-refractivity contribution in [1.82, 2.24) is 0 Å². The molecule has 9 rings (SSSR count). The van der Waals surface area contributed by atoms with Crippen molar-refractivity contribution in [3.8, 4) is 33.4 Å². The third kappa shape index (κ3) is 7.38. The van der Waals surface area contributed by atoms with Gasteiger partial charge in [-0.15, -0.1) is 0 Å². The fraction of sp³-hybridized carbons (Fsp3) is 0.310. The van der Waals surface area contributed by atoms with Gasteiger partial charge in [-0.1, -0.05) is 0 Å². The molecule has 303 valence electrons. The summed E-state index contributed by atoms with van der Waals surface area (Å²) in [5.41, 5.74) is 21.3. The van der Waals surface area contributed by atoms with Crippen molar-refractivity contribution in [2.45, 2.75) is 101 Å². The van der Waals surface area contributed by atoms with E-state index >= 15 is 0 Å². The Kier molecular flexibility index (Phi) is 11.4. The second-order valence-electron chi connectivity index (χ2n) is 19.8. The summed E-state index contributed by atoms with van der Waals surface area (Å²) in [5.74, 6) is 0. The zero-order valence-electron chi connectivity index (χ0n) is 37.4. The van der Waals surface area contributed by atoms with E-state index in [4.69, 9.17) is 0 Å². The van der Waals surface area contributed by atoms with Crippen LogP contribution in [0.3, 0.4) is 0 Å². The standard InChI is InChI=1S/2C23H27.C12H9Si.Hf/c2*1-5-6-10-17-11-7-8-13-20(17)21-14-9-12-18-15-19(16-22(18)21)23(2,3)4;1-3-7-11-9(5-1)10-6-2-4-8-12(10)13-11;/h2*7-9,11-16H,5-6,10H2,1-4H3;1-7H,13H2;. The van der Waals surface area contributed by atoms with Gasteiger partial charge in [0.2, 0.25) is 0 Å². The van der Waals surface area contributed by atoms with Crippen LogP contribution in [0.5, 0.6) is 0 Å². The number of allylic oxidation sites excluding steroid dienone is 2. The minimum absolute atomic E-state index is 0.0179. The molecule has 0 fully saturated rings. The Labute approximate surface area is 371 Å². The van der Waals surface area contributed by atoms with E-state index in [2.05, 4.69) is 195 Å². The molecule has 0 bridgehead atoms. The average molecular weight is 967 g/mol. The van der Waals surface area contributed by atoms with Crippen molar-refractivity contribution in [2.75, 3.05) is 0 Å². The normalized spacial score (nSPS) is 16.9. The summed E-state index contributed by atoms with van der Waals surface area (Å²) < 4.78 is 2.65. The molecule has 2 unspecified atom stereocenters. The molecule has 6 aromatic rings. The Balaban J connectivity index is 1.32. The van der Waals surface area contributed by atoms with Crippen LogP contribution < -0.4 is 13.7 Å². The monoisotopic (exact) mass is 967 g/mol. The Morgan fingerprint density at radius 1 is 0.467 bits per heavy atom. The zero-order valence-corrected chi connectivity index (χ0v) is 42.4. The van der Waals surface area contributed by atoms with Gasteiger partial charge in [0.1, 0.15) is 0 Å². The van der Waals surface area contributed by atoms with E-state index in [1.807, 2.05) is 0 Å². The molecule has 2 aliphatic carbocycles. The SMILES string of the molecule is CCCCc1ccccc1-c1cccc2c1C=C(C(C)(C)C)[CH]2[Hf]([c]1cccc2c1[SiH2]c1ccccc1-2)[CH]1C(C(C)(C)C)=Cc2c(-c3ccccc3CCCC)cccc21. The van der Waals surface area contributed by atoms with Crippen molar-refractivity contribution in [1.29, 1.82) is 0 Å². The van der Waals surface area contributed by atoms with Gasteiger partial charge < -0.3 is 0 Å². The molecule has 6 aromatic carbocycles. The predicted octanol–water partition coefficient (Wildman–Crippen LogP) is 13.4. The number of hydrogen-bond acceptors (Lipinski definition) is 0. The summed E-state index contributed by atoms with van der Waals surface area (Å²) in [4.78, 5) is 0. The Hall–Kier alpha value is -4.11. The van der Waals surface area contributed by atoms with E-state index in [9.17, 15) is 0 Å². The second kappa shape index (κ2) is 16.6. The average Bonchev–Trinajstić information content (AvgIpc) is 3.96. The molecule has 2 heteroatoms. The summed E-state index contributed by atoms with van der Waals surface area (Å²) in [6, 6.07) is 50.4. The maximum absolute atomic E-state index is 3.27. The van der Waals surface area contributed by atoms with Crippen molar-refractivity contribution in [3.63, 3.8) is 0 Å². The van der Waals surface area contributed by atoms with Gasteiger partial charge in [0.15, 0.2) is 0 Å². The molecule has 2 atom stereocenters. The van der Waals surface area contributed by atoms with E-state index in [1.165, 1.54) is 81.3 Å². The molecule has 0 saturated heterocycles. The molecule has 60 heavy (non-hydrogen) atoms. The van der Waals surface area contributed by atoms with Gasteiger partial charge in [0.05, 0.1) is 0 Å². The summed E-state index contributed by atoms with van der Waals surface area (Å²) >= 11 is -3.27. The number of fused-ring (bicyclic) bond motifs is 5. The molecule has 3 aliphatic rings. The van der Waals surface area contributed by atoms with Crippen LogP contribution in [0.4, 0.5) is 0 Å². The Morgan fingerprint density at radius 2 is 0.900 bits per heavy atom. The maximum atomic E-state index is 2.71. The molecule has 0 saturated carbocycles. The van der Waals surface area contributed by atoms with Gasteiger partial charge in [-0.3, -0.25) is 0 Å². The summed E-state index contributed by atoms with van der Waals surface area (Å²) in [7, 11) is -0.651. The number of aryl methyl sites for hydroxylation is 2. The van der Waals surface area contributed by atoms with Gasteiger partial charge in [0, 0.05) is 0 Å². The van der Waals surface area contributed by atoms with Gasteiger partial charge >= 0.3 is 374 Å². The molecular formula is C58H63HfSi. The number of rotatable bonds is 11. The first kappa shape index (κ1) is 41.3. The van der Waals surface area contributed by atoms with Crippen molar-refractivity contribution < 1.29 is 21.4 Å². The van der Waals surface area contributed by atoms with Crippen molar-refractivity contribution >= 4 is 35.4 Å². The molecule has 1 heterocycles. The van der Waals surface area contributed by atoms with E-state index in [-0.39, 0.29) is 10.8 Å².